The lowest BCUT2D eigenvalue weighted by atomic mass is 9.73. The normalized spacial score (nSPS) is 20.9. The zero-order chi connectivity index (χ0) is 28.7. The van der Waals surface area contributed by atoms with Crippen LogP contribution < -0.4 is 10.5 Å². The number of hydrogen-bond donors (Lipinski definition) is 3. The van der Waals surface area contributed by atoms with E-state index in [0.29, 0.717) is 16.7 Å². The van der Waals surface area contributed by atoms with E-state index in [1.54, 1.807) is 0 Å². The van der Waals surface area contributed by atoms with E-state index in [4.69, 9.17) is 12.2 Å². The van der Waals surface area contributed by atoms with E-state index in [9.17, 15) is 14.7 Å². The van der Waals surface area contributed by atoms with Crippen molar-refractivity contribution in [1.29, 1.82) is 0 Å². The summed E-state index contributed by atoms with van der Waals surface area (Å²) in [5, 5.41) is 10.9. The number of aromatic nitrogens is 2. The van der Waals surface area contributed by atoms with Crippen LogP contribution in [0.4, 0.5) is 11.4 Å². The molecule has 0 fully saturated rings. The quantitative estimate of drug-likeness (QED) is 0.230. The van der Waals surface area contributed by atoms with Gasteiger partial charge in [0.05, 0.1) is 5.41 Å². The summed E-state index contributed by atoms with van der Waals surface area (Å²) in [4.78, 5) is 34.4. The van der Waals surface area contributed by atoms with Crippen molar-refractivity contribution in [3.05, 3.63) is 109 Å². The average Bonchev–Trinajstić information content (AvgIpc) is 3.22. The maximum atomic E-state index is 13.9. The summed E-state index contributed by atoms with van der Waals surface area (Å²) in [6.45, 7) is 8.48. The molecule has 0 radical (unpaired) electrons. The molecule has 0 saturated heterocycles. The molecule has 202 valence electrons. The first-order valence-electron chi connectivity index (χ1n) is 13.2. The van der Waals surface area contributed by atoms with Gasteiger partial charge in [0.25, 0.3) is 5.56 Å². The standard InChI is InChI=1S/C32H30N4O3S/c1-31(2)19-11-7-9-13-21(19)35(5)23(31)15-17-25(26-28(38)33-30(40)34-29(26)39)18(27(17)37)16-24-32(3,4)20-12-8-10-14-22(20)36(24)6/h7-16H,1-6H3,(H2-,33,34,37,38,39,40)/p+1. The molecule has 40 heavy (non-hydrogen) atoms. The Morgan fingerprint density at radius 3 is 2.23 bits per heavy atom. The van der Waals surface area contributed by atoms with E-state index in [2.05, 4.69) is 71.4 Å². The molecule has 6 rings (SSSR count). The molecule has 8 heteroatoms. The van der Waals surface area contributed by atoms with Crippen molar-refractivity contribution >= 4 is 40.7 Å². The van der Waals surface area contributed by atoms with Crippen LogP contribution >= 0.6 is 12.2 Å². The maximum Gasteiger partial charge on any atom is 0.263 e. The molecule has 0 saturated carbocycles. The number of aromatic hydroxyl groups is 1. The highest BCUT2D eigenvalue weighted by Gasteiger charge is 2.46. The number of rotatable bonds is 3. The second-order valence-corrected chi connectivity index (χ2v) is 12.0. The van der Waals surface area contributed by atoms with Gasteiger partial charge in [0.1, 0.15) is 12.6 Å². The summed E-state index contributed by atoms with van der Waals surface area (Å²) in [6, 6.07) is 16.3. The second kappa shape index (κ2) is 8.60. The van der Waals surface area contributed by atoms with E-state index >= 15 is 0 Å². The molecule has 7 nitrogen and oxygen atoms in total. The maximum absolute atomic E-state index is 13.9. The Bertz CT molecular complexity index is 1900. The topological polar surface area (TPSA) is 92.2 Å². The lowest BCUT2D eigenvalue weighted by molar-refractivity contribution is -0.401. The van der Waals surface area contributed by atoms with Gasteiger partial charge in [-0.3, -0.25) is 14.6 Å². The number of fused-ring (bicyclic) bond motifs is 2. The number of allylic oxidation sites excluding steroid dienone is 6. The largest absolute Gasteiger partial charge is 0.494 e. The lowest BCUT2D eigenvalue weighted by Gasteiger charge is -2.29. The fourth-order valence-electron chi connectivity index (χ4n) is 6.50. The summed E-state index contributed by atoms with van der Waals surface area (Å²) in [5.41, 5.74) is 6.12. The molecule has 3 heterocycles. The van der Waals surface area contributed by atoms with Gasteiger partial charge < -0.3 is 15.0 Å². The van der Waals surface area contributed by atoms with E-state index in [1.165, 1.54) is 0 Å². The van der Waals surface area contributed by atoms with Gasteiger partial charge in [-0.15, -0.1) is 0 Å². The van der Waals surface area contributed by atoms with Gasteiger partial charge in [-0.25, -0.2) is 0 Å². The van der Waals surface area contributed by atoms with Gasteiger partial charge in [0.15, 0.2) is 16.3 Å². The Morgan fingerprint density at radius 1 is 0.925 bits per heavy atom. The van der Waals surface area contributed by atoms with Crippen LogP contribution in [-0.2, 0) is 15.6 Å². The van der Waals surface area contributed by atoms with Gasteiger partial charge in [-0.05, 0) is 43.8 Å². The Labute approximate surface area is 237 Å². The number of carbonyl (C=O) groups is 1. The number of likely N-dealkylation sites (N-methyl/N-ethyl adjacent to an activating group) is 1. The highest BCUT2D eigenvalue weighted by Crippen LogP contribution is 2.50. The molecule has 3 aliphatic rings. The number of para-hydroxylation sites is 2. The van der Waals surface area contributed by atoms with E-state index in [0.717, 1.165) is 33.9 Å². The predicted octanol–water partition coefficient (Wildman–Crippen LogP) is 5.42. The van der Waals surface area contributed by atoms with Gasteiger partial charge >= 0.3 is 0 Å². The van der Waals surface area contributed by atoms with Crippen LogP contribution in [0.1, 0.15) is 44.4 Å². The third kappa shape index (κ3) is 3.48. The summed E-state index contributed by atoms with van der Waals surface area (Å²) >= 11 is 5.07. The molecule has 0 bridgehead atoms. The van der Waals surface area contributed by atoms with Gasteiger partial charge in [0.2, 0.25) is 11.6 Å². The number of Topliss-reactive ketones (excluding diaryl/α,β-unsaturated/α-hetero) is 1. The minimum atomic E-state index is -0.555. The van der Waals surface area contributed by atoms with Gasteiger partial charge in [-0.1, -0.05) is 50.2 Å². The Kier molecular flexibility index (Phi) is 5.58. The van der Waals surface area contributed by atoms with Gasteiger partial charge in [-0.2, -0.15) is 4.58 Å². The Balaban J connectivity index is 1.60. The van der Waals surface area contributed by atoms with E-state index in [-0.39, 0.29) is 32.8 Å². The summed E-state index contributed by atoms with van der Waals surface area (Å²) < 4.78 is 2.09. The molecule has 0 unspecified atom stereocenters. The lowest BCUT2D eigenvalue weighted by Crippen LogP contribution is -2.32. The van der Waals surface area contributed by atoms with Crippen LogP contribution in [0.2, 0.25) is 0 Å². The monoisotopic (exact) mass is 551 g/mol. The second-order valence-electron chi connectivity index (χ2n) is 11.6. The van der Waals surface area contributed by atoms with Crippen molar-refractivity contribution in [1.82, 2.24) is 9.97 Å². The van der Waals surface area contributed by atoms with Crippen molar-refractivity contribution in [2.24, 2.45) is 0 Å². The predicted molar refractivity (Wildman–Crippen MR) is 160 cm³/mol. The first-order chi connectivity index (χ1) is 18.9. The van der Waals surface area contributed by atoms with Crippen LogP contribution in [0.3, 0.4) is 0 Å². The molecule has 1 aromatic heterocycles. The number of ketones is 1. The summed E-state index contributed by atoms with van der Waals surface area (Å²) in [5.74, 6) is -0.552. The molecule has 3 aromatic rings. The van der Waals surface area contributed by atoms with Crippen LogP contribution in [0, 0.1) is 4.77 Å². The van der Waals surface area contributed by atoms with Crippen molar-refractivity contribution < 1.29 is 14.5 Å². The first-order valence-corrected chi connectivity index (χ1v) is 13.6. The third-order valence-corrected chi connectivity index (χ3v) is 8.85. The minimum absolute atomic E-state index is 0.00107. The molecule has 2 aliphatic heterocycles. The van der Waals surface area contributed by atoms with Crippen molar-refractivity contribution in [2.75, 3.05) is 19.0 Å². The fourth-order valence-corrected chi connectivity index (χ4v) is 6.69. The highest BCUT2D eigenvalue weighted by atomic mass is 32.1. The number of hydrogen-bond acceptors (Lipinski definition) is 5. The van der Waals surface area contributed by atoms with E-state index < -0.39 is 5.56 Å². The van der Waals surface area contributed by atoms with Crippen molar-refractivity contribution in [3.63, 3.8) is 0 Å². The minimum Gasteiger partial charge on any atom is -0.494 e. The average molecular weight is 552 g/mol. The molecule has 0 spiro atoms. The van der Waals surface area contributed by atoms with Crippen LogP contribution in [-0.4, -0.2) is 45.2 Å². The SMILES string of the molecule is CN1/C(=C/C2=C(c3c(O)[nH]c(=S)[nH]c3=O)C(=C\C3=[N+](C)c4ccccc4C3(C)C)/C2=O)C(C)(C)c2ccccc21. The van der Waals surface area contributed by atoms with Gasteiger partial charge in [0, 0.05) is 58.3 Å². The fraction of sp³-hybridized carbons (Fsp3) is 0.250. The molecule has 0 atom stereocenters. The number of anilines is 1. The Hall–Kier alpha value is -4.30. The van der Waals surface area contributed by atoms with Crippen LogP contribution in [0.5, 0.6) is 5.88 Å². The number of benzene rings is 2. The number of nitrogens with zero attached hydrogens (tertiary/aromatic N) is 2. The highest BCUT2D eigenvalue weighted by molar-refractivity contribution is 7.71. The Morgan fingerprint density at radius 2 is 1.57 bits per heavy atom. The number of nitrogens with one attached hydrogen (secondary N) is 2. The molecule has 2 aromatic carbocycles. The van der Waals surface area contributed by atoms with Crippen LogP contribution in [0.15, 0.2) is 82.3 Å². The van der Waals surface area contributed by atoms with Crippen molar-refractivity contribution in [3.8, 4) is 5.88 Å². The zero-order valence-electron chi connectivity index (χ0n) is 23.3. The molecule has 1 aliphatic carbocycles. The number of H-pyrrole nitrogens is 2. The number of carbonyl (C=O) groups excluding carboxylic acids is 1. The van der Waals surface area contributed by atoms with Crippen LogP contribution in [0.25, 0.3) is 5.57 Å². The number of aromatic amines is 2. The first kappa shape index (κ1) is 26.0. The third-order valence-electron chi connectivity index (χ3n) is 8.64. The van der Waals surface area contributed by atoms with E-state index in [1.807, 2.05) is 50.5 Å². The molecule has 0 amide bonds. The molecular formula is C32H31N4O3S+. The summed E-state index contributed by atoms with van der Waals surface area (Å²) in [6.07, 6.45) is 3.72. The smallest absolute Gasteiger partial charge is 0.263 e. The summed E-state index contributed by atoms with van der Waals surface area (Å²) in [7, 11) is 3.96. The molecular weight excluding hydrogens is 520 g/mol. The zero-order valence-corrected chi connectivity index (χ0v) is 24.2. The molecule has 3 N–H and O–H groups in total. The van der Waals surface area contributed by atoms with Crippen molar-refractivity contribution in [2.45, 2.75) is 38.5 Å².